The van der Waals surface area contributed by atoms with E-state index in [1.165, 1.54) is 4.88 Å². The number of nitrogens with zero attached hydrogens (tertiary/aromatic N) is 4. The Hall–Kier alpha value is -3.84. The molecule has 5 heterocycles. The normalized spacial score (nSPS) is 11.4. The molecule has 6 aromatic rings. The number of para-hydroxylation sites is 1. The largest absolute Gasteiger partial charge is 0.336 e. The average Bonchev–Trinajstić information content (AvgIpc) is 3.52. The Bertz CT molecular complexity index is 1450. The van der Waals surface area contributed by atoms with Crippen molar-refractivity contribution in [3.05, 3.63) is 72.4 Å². The highest BCUT2D eigenvalue weighted by molar-refractivity contribution is 7.13. The van der Waals surface area contributed by atoms with Crippen LogP contribution in [0.3, 0.4) is 0 Å². The molecule has 0 unspecified atom stereocenters. The predicted octanol–water partition coefficient (Wildman–Crippen LogP) is 5.29. The number of aromatic amines is 2. The van der Waals surface area contributed by atoms with E-state index < -0.39 is 0 Å². The van der Waals surface area contributed by atoms with Crippen molar-refractivity contribution < 1.29 is 0 Å². The third-order valence-electron chi connectivity index (χ3n) is 4.91. The molecule has 0 atom stereocenters. The fourth-order valence-corrected chi connectivity index (χ4v) is 4.28. The Balaban J connectivity index is 1.53. The first kappa shape index (κ1) is 16.1. The van der Waals surface area contributed by atoms with Crippen molar-refractivity contribution in [3.8, 4) is 33.2 Å². The second kappa shape index (κ2) is 6.35. The second-order valence-electron chi connectivity index (χ2n) is 6.67. The van der Waals surface area contributed by atoms with E-state index in [9.17, 15) is 0 Å². The van der Waals surface area contributed by atoms with Gasteiger partial charge in [0.2, 0.25) is 0 Å². The maximum atomic E-state index is 4.88. The van der Waals surface area contributed by atoms with Crippen molar-refractivity contribution in [1.82, 2.24) is 30.1 Å². The Labute approximate surface area is 169 Å². The highest BCUT2D eigenvalue weighted by Gasteiger charge is 2.16. The summed E-state index contributed by atoms with van der Waals surface area (Å²) in [6.45, 7) is 0. The molecule has 1 aromatic carbocycles. The van der Waals surface area contributed by atoms with Crippen LogP contribution < -0.4 is 0 Å². The van der Waals surface area contributed by atoms with E-state index in [0.29, 0.717) is 11.5 Å². The SMILES string of the molecule is c1csc(-c2cccc3[nH]c(-c4n[nH]c5ccc(-c6ccncc6)nc45)nc23)c1. The van der Waals surface area contributed by atoms with Crippen molar-refractivity contribution in [3.63, 3.8) is 0 Å². The second-order valence-corrected chi connectivity index (χ2v) is 7.61. The van der Waals surface area contributed by atoms with Gasteiger partial charge in [-0.3, -0.25) is 10.1 Å². The molecule has 2 N–H and O–H groups in total. The van der Waals surface area contributed by atoms with Gasteiger partial charge in [-0.1, -0.05) is 18.2 Å². The molecule has 0 saturated carbocycles. The van der Waals surface area contributed by atoms with Crippen LogP contribution in [0.1, 0.15) is 0 Å². The predicted molar refractivity (Wildman–Crippen MR) is 116 cm³/mol. The van der Waals surface area contributed by atoms with E-state index in [2.05, 4.69) is 43.7 Å². The van der Waals surface area contributed by atoms with Gasteiger partial charge in [0.1, 0.15) is 5.52 Å². The van der Waals surface area contributed by atoms with Crippen LogP contribution in [0.2, 0.25) is 0 Å². The summed E-state index contributed by atoms with van der Waals surface area (Å²) in [7, 11) is 0. The summed E-state index contributed by atoms with van der Waals surface area (Å²) >= 11 is 1.71. The third kappa shape index (κ3) is 2.63. The molecule has 0 radical (unpaired) electrons. The van der Waals surface area contributed by atoms with Crippen LogP contribution in [0.25, 0.3) is 55.3 Å². The van der Waals surface area contributed by atoms with Crippen LogP contribution in [0.15, 0.2) is 72.4 Å². The molecule has 0 spiro atoms. The fraction of sp³-hybridized carbons (Fsp3) is 0. The van der Waals surface area contributed by atoms with E-state index in [-0.39, 0.29) is 0 Å². The van der Waals surface area contributed by atoms with Crippen molar-refractivity contribution >= 4 is 33.4 Å². The summed E-state index contributed by atoms with van der Waals surface area (Å²) in [5.41, 5.74) is 7.29. The number of hydrogen-bond donors (Lipinski definition) is 2. The zero-order valence-electron chi connectivity index (χ0n) is 15.1. The van der Waals surface area contributed by atoms with Crippen LogP contribution in [0.4, 0.5) is 0 Å². The smallest absolute Gasteiger partial charge is 0.161 e. The number of hydrogen-bond acceptors (Lipinski definition) is 5. The summed E-state index contributed by atoms with van der Waals surface area (Å²) in [5, 5.41) is 9.64. The van der Waals surface area contributed by atoms with Gasteiger partial charge in [-0.2, -0.15) is 5.10 Å². The average molecular weight is 394 g/mol. The first-order valence-corrected chi connectivity index (χ1v) is 10.0. The van der Waals surface area contributed by atoms with Crippen LogP contribution in [-0.2, 0) is 0 Å². The molecule has 7 heteroatoms. The van der Waals surface area contributed by atoms with E-state index in [4.69, 9.17) is 9.97 Å². The van der Waals surface area contributed by atoms with Gasteiger partial charge in [-0.25, -0.2) is 9.97 Å². The third-order valence-corrected chi connectivity index (χ3v) is 5.81. The fourth-order valence-electron chi connectivity index (χ4n) is 3.52. The maximum Gasteiger partial charge on any atom is 0.161 e. The lowest BCUT2D eigenvalue weighted by Gasteiger charge is -2.00. The minimum absolute atomic E-state index is 0.703. The van der Waals surface area contributed by atoms with Gasteiger partial charge in [0, 0.05) is 28.4 Å². The molecular weight excluding hydrogens is 380 g/mol. The lowest BCUT2D eigenvalue weighted by atomic mass is 10.1. The highest BCUT2D eigenvalue weighted by atomic mass is 32.1. The number of benzene rings is 1. The quantitative estimate of drug-likeness (QED) is 0.427. The monoisotopic (exact) mass is 394 g/mol. The lowest BCUT2D eigenvalue weighted by Crippen LogP contribution is -1.87. The molecule has 5 aromatic heterocycles. The van der Waals surface area contributed by atoms with E-state index in [1.807, 2.05) is 36.4 Å². The molecule has 0 saturated heterocycles. The topological polar surface area (TPSA) is 83.1 Å². The molecule has 0 bridgehead atoms. The number of thiophene rings is 1. The summed E-state index contributed by atoms with van der Waals surface area (Å²) in [6, 6.07) is 18.2. The van der Waals surface area contributed by atoms with Crippen molar-refractivity contribution in [2.75, 3.05) is 0 Å². The minimum atomic E-state index is 0.703. The summed E-state index contributed by atoms with van der Waals surface area (Å²) in [6.07, 6.45) is 3.53. The number of rotatable bonds is 3. The van der Waals surface area contributed by atoms with Crippen LogP contribution in [0.5, 0.6) is 0 Å². The van der Waals surface area contributed by atoms with Crippen LogP contribution in [0, 0.1) is 0 Å². The summed E-state index contributed by atoms with van der Waals surface area (Å²) in [4.78, 5) is 18.4. The van der Waals surface area contributed by atoms with Gasteiger partial charge in [-0.15, -0.1) is 11.3 Å². The van der Waals surface area contributed by atoms with Crippen LogP contribution in [-0.4, -0.2) is 30.1 Å². The Kier molecular flexibility index (Phi) is 3.54. The molecule has 0 aliphatic carbocycles. The van der Waals surface area contributed by atoms with E-state index in [0.717, 1.165) is 38.9 Å². The van der Waals surface area contributed by atoms with Crippen molar-refractivity contribution in [2.24, 2.45) is 0 Å². The number of aromatic nitrogens is 6. The first-order valence-electron chi connectivity index (χ1n) is 9.15. The molecule has 6 nitrogen and oxygen atoms in total. The van der Waals surface area contributed by atoms with Gasteiger partial charge in [0.25, 0.3) is 0 Å². The minimum Gasteiger partial charge on any atom is -0.336 e. The van der Waals surface area contributed by atoms with Gasteiger partial charge < -0.3 is 4.98 Å². The number of H-pyrrole nitrogens is 2. The van der Waals surface area contributed by atoms with Gasteiger partial charge in [0.15, 0.2) is 11.5 Å². The van der Waals surface area contributed by atoms with Crippen molar-refractivity contribution in [2.45, 2.75) is 0 Å². The highest BCUT2D eigenvalue weighted by Crippen LogP contribution is 2.33. The van der Waals surface area contributed by atoms with Gasteiger partial charge >= 0.3 is 0 Å². The summed E-state index contributed by atoms with van der Waals surface area (Å²) in [5.74, 6) is 0.703. The molecular formula is C22H14N6S. The van der Waals surface area contributed by atoms with Crippen LogP contribution >= 0.6 is 11.3 Å². The van der Waals surface area contributed by atoms with Gasteiger partial charge in [0.05, 0.1) is 22.2 Å². The van der Waals surface area contributed by atoms with Crippen molar-refractivity contribution in [1.29, 1.82) is 0 Å². The lowest BCUT2D eigenvalue weighted by molar-refractivity contribution is 1.10. The molecule has 0 aliphatic rings. The summed E-state index contributed by atoms with van der Waals surface area (Å²) < 4.78 is 0. The van der Waals surface area contributed by atoms with Gasteiger partial charge in [-0.05, 0) is 41.8 Å². The molecule has 0 fully saturated rings. The number of nitrogens with one attached hydrogen (secondary N) is 2. The Morgan fingerprint density at radius 1 is 0.793 bits per heavy atom. The maximum absolute atomic E-state index is 4.88. The number of pyridine rings is 2. The molecule has 6 rings (SSSR count). The first-order chi connectivity index (χ1) is 14.4. The zero-order valence-corrected chi connectivity index (χ0v) is 15.9. The zero-order chi connectivity index (χ0) is 19.2. The number of imidazole rings is 1. The molecule has 29 heavy (non-hydrogen) atoms. The molecule has 0 aliphatic heterocycles. The number of fused-ring (bicyclic) bond motifs is 2. The molecule has 138 valence electrons. The Morgan fingerprint density at radius 3 is 2.59 bits per heavy atom. The standard InChI is InChI=1S/C22H14N6S/c1-3-14(18-5-2-12-29-18)19-16(4-1)25-22(26-19)21-20-17(27-28-21)7-6-15(24-20)13-8-10-23-11-9-13/h1-12H,(H,25,26)(H,27,28). The van der Waals surface area contributed by atoms with E-state index >= 15 is 0 Å². The Morgan fingerprint density at radius 2 is 1.72 bits per heavy atom. The molecule has 0 amide bonds. The van der Waals surface area contributed by atoms with E-state index in [1.54, 1.807) is 23.7 Å².